The van der Waals surface area contributed by atoms with Crippen LogP contribution in [0.5, 0.6) is 0 Å². The molecule has 0 saturated carbocycles. The Morgan fingerprint density at radius 3 is 2.67 bits per heavy atom. The van der Waals surface area contributed by atoms with Crippen molar-refractivity contribution in [1.82, 2.24) is 4.90 Å². The second kappa shape index (κ2) is 6.55. The zero-order valence-corrected chi connectivity index (χ0v) is 8.78. The first-order valence-electron chi connectivity index (χ1n) is 4.83. The third-order valence-corrected chi connectivity index (χ3v) is 2.76. The van der Waals surface area contributed by atoms with Gasteiger partial charge in [-0.05, 0) is 44.0 Å². The van der Waals surface area contributed by atoms with Crippen LogP contribution in [0.15, 0.2) is 11.5 Å². The molecule has 1 saturated heterocycles. The lowest BCUT2D eigenvalue weighted by Gasteiger charge is -2.25. The van der Waals surface area contributed by atoms with Crippen molar-refractivity contribution in [2.45, 2.75) is 25.7 Å². The van der Waals surface area contributed by atoms with Crippen molar-refractivity contribution in [3.63, 3.8) is 0 Å². The van der Waals surface area contributed by atoms with Gasteiger partial charge in [-0.2, -0.15) is 0 Å². The zero-order valence-electron chi connectivity index (χ0n) is 7.96. The number of rotatable bonds is 4. The molecule has 0 aromatic carbocycles. The molecule has 12 heavy (non-hydrogen) atoms. The van der Waals surface area contributed by atoms with Crippen LogP contribution in [-0.2, 0) is 0 Å². The highest BCUT2D eigenvalue weighted by Gasteiger charge is 2.07. The Hall–Kier alpha value is 0.0500. The van der Waals surface area contributed by atoms with Gasteiger partial charge < -0.3 is 4.90 Å². The summed E-state index contributed by atoms with van der Waals surface area (Å²) in [5.41, 5.74) is 0. The van der Waals surface area contributed by atoms with Crippen LogP contribution in [0.3, 0.4) is 0 Å². The molecule has 1 aliphatic heterocycles. The summed E-state index contributed by atoms with van der Waals surface area (Å²) >= 11 is 1.79. The first-order valence-corrected chi connectivity index (χ1v) is 6.12. The molecular weight excluding hydrogens is 166 g/mol. The Balaban J connectivity index is 2.01. The Bertz CT molecular complexity index is 128. The van der Waals surface area contributed by atoms with Gasteiger partial charge in [0.05, 0.1) is 0 Å². The maximum absolute atomic E-state index is 2.58. The minimum Gasteiger partial charge on any atom is -0.303 e. The van der Waals surface area contributed by atoms with Crippen LogP contribution in [0.1, 0.15) is 25.7 Å². The van der Waals surface area contributed by atoms with Crippen molar-refractivity contribution in [3.8, 4) is 0 Å². The lowest BCUT2D eigenvalue weighted by Crippen LogP contribution is -2.30. The monoisotopic (exact) mass is 185 g/mol. The fourth-order valence-corrected chi connectivity index (χ4v) is 1.93. The lowest BCUT2D eigenvalue weighted by atomic mass is 10.1. The summed E-state index contributed by atoms with van der Waals surface area (Å²) in [5.74, 6) is 0. The van der Waals surface area contributed by atoms with E-state index in [-0.39, 0.29) is 0 Å². The molecule has 0 atom stereocenters. The molecule has 0 aliphatic carbocycles. The van der Waals surface area contributed by atoms with E-state index in [2.05, 4.69) is 22.6 Å². The minimum absolute atomic E-state index is 1.22. The Kier molecular flexibility index (Phi) is 5.53. The summed E-state index contributed by atoms with van der Waals surface area (Å²) in [4.78, 5) is 2.58. The van der Waals surface area contributed by atoms with Crippen LogP contribution in [0, 0.1) is 0 Å². The molecule has 70 valence electrons. The standard InChI is InChI=1S/C10H19NS/c1-12-10-6-5-9-11-7-3-2-4-8-11/h6,10H,2-5,7-9H2,1H3/b10-6+. The maximum atomic E-state index is 2.58. The van der Waals surface area contributed by atoms with E-state index in [4.69, 9.17) is 0 Å². The molecule has 1 heterocycles. The van der Waals surface area contributed by atoms with E-state index in [1.165, 1.54) is 45.3 Å². The molecule has 0 aromatic heterocycles. The van der Waals surface area contributed by atoms with E-state index in [1.807, 2.05) is 0 Å². The fourth-order valence-electron chi connectivity index (χ4n) is 1.60. The van der Waals surface area contributed by atoms with E-state index in [0.717, 1.165) is 0 Å². The normalized spacial score (nSPS) is 20.4. The smallest absolute Gasteiger partial charge is 0.00162 e. The zero-order chi connectivity index (χ0) is 8.65. The molecule has 1 rings (SSSR count). The predicted octanol–water partition coefficient (Wildman–Crippen LogP) is 2.74. The number of hydrogen-bond acceptors (Lipinski definition) is 2. The van der Waals surface area contributed by atoms with Crippen molar-refractivity contribution in [2.24, 2.45) is 0 Å². The molecule has 1 nitrogen and oxygen atoms in total. The molecule has 0 spiro atoms. The van der Waals surface area contributed by atoms with Crippen LogP contribution < -0.4 is 0 Å². The SMILES string of the molecule is CS/C=C/CCN1CCCCC1. The number of thioether (sulfide) groups is 1. The minimum atomic E-state index is 1.22. The second-order valence-corrected chi connectivity index (χ2v) is 4.04. The first kappa shape index (κ1) is 10.1. The average Bonchev–Trinajstić information content (AvgIpc) is 2.14. The molecule has 0 amide bonds. The number of nitrogens with zero attached hydrogens (tertiary/aromatic N) is 1. The Morgan fingerprint density at radius 1 is 1.25 bits per heavy atom. The van der Waals surface area contributed by atoms with Crippen molar-refractivity contribution in [3.05, 3.63) is 11.5 Å². The quantitative estimate of drug-likeness (QED) is 0.662. The number of piperidine rings is 1. The van der Waals surface area contributed by atoms with Crippen LogP contribution >= 0.6 is 11.8 Å². The van der Waals surface area contributed by atoms with Crippen molar-refractivity contribution in [2.75, 3.05) is 25.9 Å². The molecule has 1 fully saturated rings. The van der Waals surface area contributed by atoms with Crippen LogP contribution in [-0.4, -0.2) is 30.8 Å². The molecule has 0 unspecified atom stereocenters. The highest BCUT2D eigenvalue weighted by molar-refractivity contribution is 8.01. The summed E-state index contributed by atoms with van der Waals surface area (Å²) in [6, 6.07) is 0. The van der Waals surface area contributed by atoms with E-state index in [9.17, 15) is 0 Å². The molecular formula is C10H19NS. The van der Waals surface area contributed by atoms with Gasteiger partial charge in [-0.3, -0.25) is 0 Å². The largest absolute Gasteiger partial charge is 0.303 e. The highest BCUT2D eigenvalue weighted by Crippen LogP contribution is 2.09. The number of hydrogen-bond donors (Lipinski definition) is 0. The predicted molar refractivity (Wildman–Crippen MR) is 57.6 cm³/mol. The second-order valence-electron chi connectivity index (χ2n) is 3.30. The van der Waals surface area contributed by atoms with E-state index in [1.54, 1.807) is 11.8 Å². The van der Waals surface area contributed by atoms with E-state index >= 15 is 0 Å². The van der Waals surface area contributed by atoms with Crippen molar-refractivity contribution in [1.29, 1.82) is 0 Å². The van der Waals surface area contributed by atoms with Gasteiger partial charge in [-0.25, -0.2) is 0 Å². The van der Waals surface area contributed by atoms with E-state index in [0.29, 0.717) is 0 Å². The van der Waals surface area contributed by atoms with Gasteiger partial charge in [0, 0.05) is 6.54 Å². The van der Waals surface area contributed by atoms with Gasteiger partial charge in [0.1, 0.15) is 0 Å². The van der Waals surface area contributed by atoms with Gasteiger partial charge in [0.15, 0.2) is 0 Å². The lowest BCUT2D eigenvalue weighted by molar-refractivity contribution is 0.233. The Labute approximate surface area is 80.2 Å². The summed E-state index contributed by atoms with van der Waals surface area (Å²) < 4.78 is 0. The van der Waals surface area contributed by atoms with Crippen LogP contribution in [0.25, 0.3) is 0 Å². The molecule has 0 bridgehead atoms. The highest BCUT2D eigenvalue weighted by atomic mass is 32.2. The third kappa shape index (κ3) is 4.17. The van der Waals surface area contributed by atoms with Gasteiger partial charge in [0.25, 0.3) is 0 Å². The maximum Gasteiger partial charge on any atom is 0.00162 e. The van der Waals surface area contributed by atoms with E-state index < -0.39 is 0 Å². The molecule has 0 N–H and O–H groups in total. The molecule has 2 heteroatoms. The average molecular weight is 185 g/mol. The third-order valence-electron chi connectivity index (χ3n) is 2.29. The van der Waals surface area contributed by atoms with Crippen molar-refractivity contribution < 1.29 is 0 Å². The topological polar surface area (TPSA) is 3.24 Å². The van der Waals surface area contributed by atoms with Gasteiger partial charge in [-0.15, -0.1) is 11.8 Å². The van der Waals surface area contributed by atoms with Gasteiger partial charge >= 0.3 is 0 Å². The first-order chi connectivity index (χ1) is 5.93. The fraction of sp³-hybridized carbons (Fsp3) is 0.800. The Morgan fingerprint density at radius 2 is 2.00 bits per heavy atom. The van der Waals surface area contributed by atoms with Crippen LogP contribution in [0.2, 0.25) is 0 Å². The van der Waals surface area contributed by atoms with Crippen molar-refractivity contribution >= 4 is 11.8 Å². The van der Waals surface area contributed by atoms with Crippen LogP contribution in [0.4, 0.5) is 0 Å². The molecule has 1 aliphatic rings. The van der Waals surface area contributed by atoms with Gasteiger partial charge in [0.2, 0.25) is 0 Å². The summed E-state index contributed by atoms with van der Waals surface area (Å²) in [5, 5.41) is 2.18. The summed E-state index contributed by atoms with van der Waals surface area (Å²) in [6.45, 7) is 3.91. The van der Waals surface area contributed by atoms with Gasteiger partial charge in [-0.1, -0.05) is 12.5 Å². The summed E-state index contributed by atoms with van der Waals surface area (Å²) in [7, 11) is 0. The molecule has 0 aromatic rings. The summed E-state index contributed by atoms with van der Waals surface area (Å²) in [6.07, 6.45) is 9.87. The number of likely N-dealkylation sites (tertiary alicyclic amines) is 1. The molecule has 0 radical (unpaired) electrons.